The van der Waals surface area contributed by atoms with E-state index in [1.165, 1.54) is 32.9 Å². The molecule has 2 aromatic rings. The van der Waals surface area contributed by atoms with Crippen LogP contribution in [0.3, 0.4) is 0 Å². The summed E-state index contributed by atoms with van der Waals surface area (Å²) in [6.07, 6.45) is 0. The average molecular weight is 569 g/mol. The fraction of sp³-hybridized carbons (Fsp3) is 0.571. The van der Waals surface area contributed by atoms with Gasteiger partial charge in [0.25, 0.3) is 7.56 Å². The molecule has 4 nitrogen and oxygen atoms in total. The molecular formula is C28H52N4P4+4. The fourth-order valence-electron chi connectivity index (χ4n) is 5.52. The Morgan fingerprint density at radius 2 is 0.806 bits per heavy atom. The van der Waals surface area contributed by atoms with E-state index in [-0.39, 0.29) is 10.8 Å². The number of benzene rings is 2. The van der Waals surface area contributed by atoms with Crippen LogP contribution in [0.5, 0.6) is 0 Å². The van der Waals surface area contributed by atoms with E-state index in [2.05, 4.69) is 151 Å². The molecule has 0 aliphatic carbocycles. The van der Waals surface area contributed by atoms with Crippen molar-refractivity contribution in [2.45, 2.75) is 66.2 Å². The lowest BCUT2D eigenvalue weighted by molar-refractivity contribution is 0.592. The SMILES string of the molecule is Cc1ccc([P+]2(c3ccc(C)cc3C(C)(C)C)N[P+](C)(C)N[P+](C)(C)N[P+](C)(C)N2)c(C(C)(C)C)c1. The zero-order valence-electron chi connectivity index (χ0n) is 25.3. The fourth-order valence-corrected chi connectivity index (χ4v) is 27.9. The third-order valence-corrected chi connectivity index (χ3v) is 23.1. The Labute approximate surface area is 224 Å². The summed E-state index contributed by atoms with van der Waals surface area (Å²) in [6.45, 7) is 33.0. The molecule has 1 heterocycles. The van der Waals surface area contributed by atoms with Gasteiger partial charge in [-0.1, -0.05) is 76.9 Å². The van der Waals surface area contributed by atoms with Crippen LogP contribution in [0.1, 0.15) is 63.8 Å². The predicted octanol–water partition coefficient (Wildman–Crippen LogP) is 7.39. The van der Waals surface area contributed by atoms with Gasteiger partial charge in [-0.25, -0.2) is 0 Å². The van der Waals surface area contributed by atoms with Crippen molar-refractivity contribution in [3.8, 4) is 0 Å². The van der Waals surface area contributed by atoms with E-state index in [1.807, 2.05) is 0 Å². The highest BCUT2D eigenvalue weighted by Gasteiger charge is 2.66. The van der Waals surface area contributed by atoms with E-state index in [9.17, 15) is 0 Å². The first-order chi connectivity index (χ1) is 16.1. The van der Waals surface area contributed by atoms with Crippen LogP contribution in [-0.4, -0.2) is 40.0 Å². The second-order valence-electron chi connectivity index (χ2n) is 14.0. The van der Waals surface area contributed by atoms with E-state index in [0.29, 0.717) is 0 Å². The minimum Gasteiger partial charge on any atom is -0.0559 e. The van der Waals surface area contributed by atoms with Crippen molar-refractivity contribution in [2.24, 2.45) is 0 Å². The third kappa shape index (κ3) is 6.76. The Kier molecular flexibility index (Phi) is 8.38. The molecule has 0 saturated carbocycles. The number of nitrogens with one attached hydrogen (secondary N) is 4. The van der Waals surface area contributed by atoms with Gasteiger partial charge in [-0.05, 0) is 56.2 Å². The quantitative estimate of drug-likeness (QED) is 0.286. The van der Waals surface area contributed by atoms with Crippen molar-refractivity contribution < 1.29 is 0 Å². The smallest absolute Gasteiger partial charge is 0.0559 e. The van der Waals surface area contributed by atoms with Crippen molar-refractivity contribution in [2.75, 3.05) is 40.0 Å². The normalized spacial score (nSPS) is 21.5. The van der Waals surface area contributed by atoms with Crippen LogP contribution in [0.2, 0.25) is 0 Å². The molecule has 0 atom stereocenters. The molecular weight excluding hydrogens is 516 g/mol. The highest BCUT2D eigenvalue weighted by Crippen LogP contribution is 2.75. The van der Waals surface area contributed by atoms with E-state index >= 15 is 0 Å². The summed E-state index contributed by atoms with van der Waals surface area (Å²) in [4.78, 5) is 17.1. The molecule has 3 rings (SSSR count). The van der Waals surface area contributed by atoms with Gasteiger partial charge in [-0.2, -0.15) is 0 Å². The minimum absolute atomic E-state index is 0.0188. The zero-order valence-corrected chi connectivity index (χ0v) is 28.8. The highest BCUT2D eigenvalue weighted by atomic mass is 31.3. The summed E-state index contributed by atoms with van der Waals surface area (Å²) in [5, 5.41) is 2.88. The maximum atomic E-state index is 4.43. The second-order valence-corrected chi connectivity index (χ2v) is 28.2. The van der Waals surface area contributed by atoms with E-state index in [4.69, 9.17) is 0 Å². The molecule has 1 aliphatic rings. The van der Waals surface area contributed by atoms with Crippen LogP contribution in [0.25, 0.3) is 0 Å². The first-order valence-electron chi connectivity index (χ1n) is 12.9. The maximum absolute atomic E-state index is 4.43. The average Bonchev–Trinajstić information content (AvgIpc) is 2.62. The van der Waals surface area contributed by atoms with Crippen molar-refractivity contribution in [1.82, 2.24) is 19.4 Å². The van der Waals surface area contributed by atoms with Gasteiger partial charge < -0.3 is 0 Å². The Balaban J connectivity index is 2.53. The number of aryl methyl sites for hydroxylation is 2. The molecule has 1 saturated heterocycles. The van der Waals surface area contributed by atoms with Gasteiger partial charge in [-0.15, -0.1) is 0 Å². The van der Waals surface area contributed by atoms with Crippen molar-refractivity contribution in [1.29, 1.82) is 0 Å². The first-order valence-corrected chi connectivity index (χ1v) is 22.7. The van der Waals surface area contributed by atoms with Gasteiger partial charge >= 0.3 is 0 Å². The highest BCUT2D eigenvalue weighted by molar-refractivity contribution is 8.04. The largest absolute Gasteiger partial charge is 0.289 e. The standard InChI is InChI=1S/C28H52N4P4/c1-21-15-17-25(23(19-21)27(3,4)5)36(26-18-16-22(2)20-24(26)28(6,7)8)31-34(11,12)29-33(9,10)30-35(13,14)32-36/h15-20,29-32H,1-14H3/q+4. The molecule has 0 unspecified atom stereocenters. The summed E-state index contributed by atoms with van der Waals surface area (Å²) in [5.41, 5.74) is 5.55. The molecule has 1 aliphatic heterocycles. The summed E-state index contributed by atoms with van der Waals surface area (Å²) in [5.74, 6) is 0. The molecule has 4 N–H and O–H groups in total. The summed E-state index contributed by atoms with van der Waals surface area (Å²) < 4.78 is 0. The molecule has 0 spiro atoms. The van der Waals surface area contributed by atoms with Crippen LogP contribution >= 0.6 is 30.3 Å². The predicted molar refractivity (Wildman–Crippen MR) is 175 cm³/mol. The molecule has 200 valence electrons. The first kappa shape index (κ1) is 30.5. The molecule has 0 radical (unpaired) electrons. The monoisotopic (exact) mass is 568 g/mol. The van der Waals surface area contributed by atoms with Crippen LogP contribution < -0.4 is 30.0 Å². The van der Waals surface area contributed by atoms with Gasteiger partial charge in [0.2, 0.25) is 22.7 Å². The van der Waals surface area contributed by atoms with Gasteiger partial charge in [0.15, 0.2) is 0 Å². The summed E-state index contributed by atoms with van der Waals surface area (Å²) in [6, 6.07) is 14.3. The van der Waals surface area contributed by atoms with Crippen molar-refractivity contribution in [3.63, 3.8) is 0 Å². The third-order valence-electron chi connectivity index (χ3n) is 6.44. The van der Waals surface area contributed by atoms with Gasteiger partial charge in [0.1, 0.15) is 10.6 Å². The summed E-state index contributed by atoms with van der Waals surface area (Å²) in [7, 11) is -7.21. The van der Waals surface area contributed by atoms with E-state index < -0.39 is 30.3 Å². The van der Waals surface area contributed by atoms with Gasteiger partial charge in [0, 0.05) is 11.1 Å². The molecule has 1 fully saturated rings. The van der Waals surface area contributed by atoms with E-state index in [0.717, 1.165) is 0 Å². The molecule has 0 aromatic heterocycles. The van der Waals surface area contributed by atoms with Crippen LogP contribution in [0.4, 0.5) is 0 Å². The topological polar surface area (TPSA) is 48.1 Å². The molecule has 0 amide bonds. The number of rotatable bonds is 2. The maximum Gasteiger partial charge on any atom is 0.289 e. The lowest BCUT2D eigenvalue weighted by Gasteiger charge is -2.40. The zero-order chi connectivity index (χ0) is 27.5. The van der Waals surface area contributed by atoms with Crippen molar-refractivity contribution >= 4 is 40.9 Å². The van der Waals surface area contributed by atoms with Gasteiger partial charge in [0.05, 0.1) is 40.0 Å². The molecule has 8 heteroatoms. The lowest BCUT2D eigenvalue weighted by Crippen LogP contribution is -2.51. The molecule has 2 aromatic carbocycles. The molecule has 0 bridgehead atoms. The lowest BCUT2D eigenvalue weighted by atomic mass is 9.86. The van der Waals surface area contributed by atoms with Crippen LogP contribution in [0.15, 0.2) is 36.4 Å². The Bertz CT molecular complexity index is 1040. The Morgan fingerprint density at radius 1 is 0.500 bits per heavy atom. The molecule has 36 heavy (non-hydrogen) atoms. The minimum atomic E-state index is -2.28. The Hall–Kier alpha value is -0.000000000000000167. The number of hydrogen-bond acceptors (Lipinski definition) is 4. The Morgan fingerprint density at radius 3 is 1.11 bits per heavy atom. The van der Waals surface area contributed by atoms with Crippen molar-refractivity contribution in [3.05, 3.63) is 58.7 Å². The van der Waals surface area contributed by atoms with Gasteiger partial charge in [-0.3, -0.25) is 0 Å². The summed E-state index contributed by atoms with van der Waals surface area (Å²) >= 11 is 0. The van der Waals surface area contributed by atoms with Crippen LogP contribution in [-0.2, 0) is 10.8 Å². The number of hydrogen-bond donors (Lipinski definition) is 4. The van der Waals surface area contributed by atoms with Crippen LogP contribution in [0, 0.1) is 13.8 Å². The van der Waals surface area contributed by atoms with E-state index in [1.54, 1.807) is 0 Å². The second kappa shape index (κ2) is 9.88.